The van der Waals surface area contributed by atoms with Crippen molar-refractivity contribution in [2.75, 3.05) is 7.05 Å². The summed E-state index contributed by atoms with van der Waals surface area (Å²) in [6.45, 7) is 1.63. The second-order valence-electron chi connectivity index (χ2n) is 4.69. The fourth-order valence-electron chi connectivity index (χ4n) is 2.08. The molecule has 1 N–H and O–H groups in total. The van der Waals surface area contributed by atoms with Crippen LogP contribution in [0.4, 0.5) is 4.39 Å². The highest BCUT2D eigenvalue weighted by Gasteiger charge is 2.19. The summed E-state index contributed by atoms with van der Waals surface area (Å²) in [6.07, 6.45) is 0. The standard InChI is InChI=1S/C16H16FNO2/c1-11(16(19)18(2)20)13-8-9-14(15(17)10-13)12-6-4-3-5-7-12/h3-11,20H,1-2H3. The second kappa shape index (κ2) is 5.84. The number of benzene rings is 2. The smallest absolute Gasteiger partial charge is 0.252 e. The molecule has 0 spiro atoms. The van der Waals surface area contributed by atoms with E-state index >= 15 is 0 Å². The zero-order valence-electron chi connectivity index (χ0n) is 11.4. The lowest BCUT2D eigenvalue weighted by molar-refractivity contribution is -0.160. The number of hydrogen-bond acceptors (Lipinski definition) is 2. The summed E-state index contributed by atoms with van der Waals surface area (Å²) in [7, 11) is 1.26. The van der Waals surface area contributed by atoms with Crippen LogP contribution in [0.25, 0.3) is 11.1 Å². The van der Waals surface area contributed by atoms with Gasteiger partial charge in [0, 0.05) is 12.6 Å². The van der Waals surface area contributed by atoms with E-state index in [4.69, 9.17) is 5.21 Å². The first kappa shape index (κ1) is 14.2. The van der Waals surface area contributed by atoms with Gasteiger partial charge in [0.25, 0.3) is 5.91 Å². The summed E-state index contributed by atoms with van der Waals surface area (Å²) >= 11 is 0. The fraction of sp³-hybridized carbons (Fsp3) is 0.188. The van der Waals surface area contributed by atoms with Crippen molar-refractivity contribution in [1.82, 2.24) is 5.06 Å². The van der Waals surface area contributed by atoms with Crippen molar-refractivity contribution in [3.8, 4) is 11.1 Å². The van der Waals surface area contributed by atoms with Crippen LogP contribution in [0.1, 0.15) is 18.4 Å². The van der Waals surface area contributed by atoms with Crippen LogP contribution in [0.15, 0.2) is 48.5 Å². The van der Waals surface area contributed by atoms with Crippen LogP contribution in [0, 0.1) is 5.82 Å². The Balaban J connectivity index is 2.33. The zero-order chi connectivity index (χ0) is 14.7. The number of hydrogen-bond donors (Lipinski definition) is 1. The van der Waals surface area contributed by atoms with E-state index in [1.165, 1.54) is 13.1 Å². The largest absolute Gasteiger partial charge is 0.286 e. The molecule has 0 aromatic heterocycles. The van der Waals surface area contributed by atoms with E-state index in [-0.39, 0.29) is 5.82 Å². The van der Waals surface area contributed by atoms with E-state index in [0.717, 1.165) is 5.56 Å². The van der Waals surface area contributed by atoms with Crippen LogP contribution < -0.4 is 0 Å². The number of carbonyl (C=O) groups excluding carboxylic acids is 1. The van der Waals surface area contributed by atoms with Crippen molar-refractivity contribution in [3.63, 3.8) is 0 Å². The molecule has 0 radical (unpaired) electrons. The Morgan fingerprint density at radius 3 is 2.40 bits per heavy atom. The third-order valence-electron chi connectivity index (χ3n) is 3.27. The predicted octanol–water partition coefficient (Wildman–Crippen LogP) is 3.44. The molecule has 2 rings (SSSR count). The first-order valence-corrected chi connectivity index (χ1v) is 6.32. The minimum absolute atomic E-state index is 0.381. The summed E-state index contributed by atoms with van der Waals surface area (Å²) in [4.78, 5) is 11.7. The van der Waals surface area contributed by atoms with E-state index in [1.807, 2.05) is 30.3 Å². The molecule has 104 valence electrons. The minimum Gasteiger partial charge on any atom is -0.286 e. The molecule has 1 atom stereocenters. The molecule has 0 aliphatic heterocycles. The summed E-state index contributed by atoms with van der Waals surface area (Å²) in [5, 5.41) is 9.67. The van der Waals surface area contributed by atoms with Crippen molar-refractivity contribution in [2.24, 2.45) is 0 Å². The van der Waals surface area contributed by atoms with Gasteiger partial charge in [-0.25, -0.2) is 9.45 Å². The van der Waals surface area contributed by atoms with Crippen LogP contribution in [0.2, 0.25) is 0 Å². The average molecular weight is 273 g/mol. The first-order valence-electron chi connectivity index (χ1n) is 6.32. The molecule has 3 nitrogen and oxygen atoms in total. The van der Waals surface area contributed by atoms with Crippen molar-refractivity contribution < 1.29 is 14.4 Å². The number of hydroxylamine groups is 2. The van der Waals surface area contributed by atoms with E-state index < -0.39 is 11.8 Å². The Morgan fingerprint density at radius 1 is 1.20 bits per heavy atom. The van der Waals surface area contributed by atoms with Crippen molar-refractivity contribution in [2.45, 2.75) is 12.8 Å². The maximum absolute atomic E-state index is 14.2. The van der Waals surface area contributed by atoms with Gasteiger partial charge in [-0.2, -0.15) is 0 Å². The van der Waals surface area contributed by atoms with Gasteiger partial charge in [0.15, 0.2) is 0 Å². The van der Waals surface area contributed by atoms with Crippen LogP contribution in [0.3, 0.4) is 0 Å². The third kappa shape index (κ3) is 2.86. The zero-order valence-corrected chi connectivity index (χ0v) is 11.4. The Kier molecular flexibility index (Phi) is 4.15. The molecular weight excluding hydrogens is 257 g/mol. The average Bonchev–Trinajstić information content (AvgIpc) is 2.46. The number of nitrogens with zero attached hydrogens (tertiary/aromatic N) is 1. The van der Waals surface area contributed by atoms with Gasteiger partial charge in [0.1, 0.15) is 5.82 Å². The van der Waals surface area contributed by atoms with Gasteiger partial charge in [0.2, 0.25) is 0 Å². The summed E-state index contributed by atoms with van der Waals surface area (Å²) in [5.41, 5.74) is 1.81. The lowest BCUT2D eigenvalue weighted by Gasteiger charge is -2.16. The van der Waals surface area contributed by atoms with Gasteiger partial charge in [-0.15, -0.1) is 0 Å². The number of likely N-dealkylation sites (N-methyl/N-ethyl adjacent to an activating group) is 1. The molecule has 0 bridgehead atoms. The van der Waals surface area contributed by atoms with Crippen LogP contribution >= 0.6 is 0 Å². The van der Waals surface area contributed by atoms with Gasteiger partial charge in [-0.1, -0.05) is 42.5 Å². The molecular formula is C16H16FNO2. The lowest BCUT2D eigenvalue weighted by atomic mass is 9.96. The van der Waals surface area contributed by atoms with Gasteiger partial charge in [-0.3, -0.25) is 10.0 Å². The molecule has 1 unspecified atom stereocenters. The molecule has 4 heteroatoms. The topological polar surface area (TPSA) is 40.5 Å². The fourth-order valence-corrected chi connectivity index (χ4v) is 2.08. The molecule has 2 aromatic carbocycles. The second-order valence-corrected chi connectivity index (χ2v) is 4.69. The summed E-state index contributed by atoms with van der Waals surface area (Å²) < 4.78 is 14.2. The normalized spacial score (nSPS) is 12.0. The Bertz CT molecular complexity index is 611. The number of halogens is 1. The number of carbonyl (C=O) groups is 1. The molecule has 0 fully saturated rings. The van der Waals surface area contributed by atoms with Crippen molar-refractivity contribution in [3.05, 3.63) is 59.9 Å². The summed E-state index contributed by atoms with van der Waals surface area (Å²) in [6, 6.07) is 13.9. The van der Waals surface area contributed by atoms with E-state index in [9.17, 15) is 9.18 Å². The van der Waals surface area contributed by atoms with Gasteiger partial charge >= 0.3 is 0 Å². The van der Waals surface area contributed by atoms with Crippen molar-refractivity contribution in [1.29, 1.82) is 0 Å². The SMILES string of the molecule is CC(C(=O)N(C)O)c1ccc(-c2ccccc2)c(F)c1. The quantitative estimate of drug-likeness (QED) is 0.687. The highest BCUT2D eigenvalue weighted by Crippen LogP contribution is 2.26. The van der Waals surface area contributed by atoms with E-state index in [0.29, 0.717) is 16.2 Å². The lowest BCUT2D eigenvalue weighted by Crippen LogP contribution is -2.27. The van der Waals surface area contributed by atoms with Gasteiger partial charge < -0.3 is 0 Å². The highest BCUT2D eigenvalue weighted by atomic mass is 19.1. The molecule has 0 aliphatic carbocycles. The Hall–Kier alpha value is -2.20. The molecule has 2 aromatic rings. The molecule has 1 amide bonds. The summed E-state index contributed by atoms with van der Waals surface area (Å²) in [5.74, 6) is -1.45. The Morgan fingerprint density at radius 2 is 1.85 bits per heavy atom. The van der Waals surface area contributed by atoms with E-state index in [2.05, 4.69) is 0 Å². The molecule has 0 aliphatic rings. The first-order chi connectivity index (χ1) is 9.50. The number of amides is 1. The molecule has 0 saturated carbocycles. The van der Waals surface area contributed by atoms with Gasteiger partial charge in [-0.05, 0) is 24.1 Å². The van der Waals surface area contributed by atoms with Crippen LogP contribution in [0.5, 0.6) is 0 Å². The maximum atomic E-state index is 14.2. The molecule has 0 heterocycles. The number of rotatable bonds is 3. The maximum Gasteiger partial charge on any atom is 0.252 e. The molecule has 0 saturated heterocycles. The minimum atomic E-state index is -0.593. The van der Waals surface area contributed by atoms with Crippen molar-refractivity contribution >= 4 is 5.91 Å². The third-order valence-corrected chi connectivity index (χ3v) is 3.27. The Labute approximate surface area is 117 Å². The van der Waals surface area contributed by atoms with Gasteiger partial charge in [0.05, 0.1) is 5.92 Å². The highest BCUT2D eigenvalue weighted by molar-refractivity contribution is 5.82. The van der Waals surface area contributed by atoms with Crippen LogP contribution in [-0.2, 0) is 4.79 Å². The predicted molar refractivity (Wildman–Crippen MR) is 74.8 cm³/mol. The van der Waals surface area contributed by atoms with E-state index in [1.54, 1.807) is 19.1 Å². The van der Waals surface area contributed by atoms with Crippen LogP contribution in [-0.4, -0.2) is 23.2 Å². The molecule has 20 heavy (non-hydrogen) atoms. The monoisotopic (exact) mass is 273 g/mol.